The van der Waals surface area contributed by atoms with Crippen LogP contribution in [0.3, 0.4) is 0 Å². The fourth-order valence-electron chi connectivity index (χ4n) is 7.29. The van der Waals surface area contributed by atoms with Gasteiger partial charge in [-0.15, -0.1) is 0 Å². The van der Waals surface area contributed by atoms with Gasteiger partial charge in [0, 0.05) is 12.8 Å². The predicted molar refractivity (Wildman–Crippen MR) is 223 cm³/mol. The van der Waals surface area contributed by atoms with Gasteiger partial charge in [-0.2, -0.15) is 0 Å². The van der Waals surface area contributed by atoms with Crippen molar-refractivity contribution in [2.75, 3.05) is 13.2 Å². The molecule has 0 aliphatic rings. The summed E-state index contributed by atoms with van der Waals surface area (Å²) in [5, 5.41) is 23.1. The number of amides is 1. The third-order valence-corrected chi connectivity index (χ3v) is 10.9. The molecule has 0 aliphatic carbocycles. The van der Waals surface area contributed by atoms with E-state index in [0.29, 0.717) is 25.9 Å². The Morgan fingerprint density at radius 3 is 1.17 bits per heavy atom. The molecule has 0 aromatic rings. The maximum absolute atomic E-state index is 12.4. The lowest BCUT2D eigenvalue weighted by molar-refractivity contribution is -0.143. The van der Waals surface area contributed by atoms with E-state index in [9.17, 15) is 19.8 Å². The molecule has 0 spiro atoms. The topological polar surface area (TPSA) is 95.9 Å². The largest absolute Gasteiger partial charge is 0.466 e. The molecule has 2 unspecified atom stereocenters. The van der Waals surface area contributed by atoms with Crippen LogP contribution in [0.15, 0.2) is 0 Å². The van der Waals surface area contributed by atoms with Crippen molar-refractivity contribution >= 4 is 11.9 Å². The van der Waals surface area contributed by atoms with Crippen LogP contribution in [-0.2, 0) is 14.3 Å². The van der Waals surface area contributed by atoms with Crippen LogP contribution >= 0.6 is 0 Å². The van der Waals surface area contributed by atoms with E-state index in [2.05, 4.69) is 19.2 Å². The number of unbranched alkanes of at least 4 members (excludes halogenated alkanes) is 32. The number of rotatable bonds is 43. The SMILES string of the molecule is CCCCCCCCCCCCCCCC(=O)OCCCCCCCCCCCCCC(=O)NC(CO)C(O)CCCCCCCCCCCCC. The van der Waals surface area contributed by atoms with Crippen molar-refractivity contribution in [1.82, 2.24) is 5.32 Å². The highest BCUT2D eigenvalue weighted by molar-refractivity contribution is 5.76. The predicted octanol–water partition coefficient (Wildman–Crippen LogP) is 13.2. The molecule has 0 aliphatic heterocycles. The Morgan fingerprint density at radius 1 is 0.462 bits per heavy atom. The van der Waals surface area contributed by atoms with Crippen LogP contribution < -0.4 is 5.32 Å². The third kappa shape index (κ3) is 38.6. The van der Waals surface area contributed by atoms with Gasteiger partial charge < -0.3 is 20.3 Å². The maximum Gasteiger partial charge on any atom is 0.305 e. The smallest absolute Gasteiger partial charge is 0.305 e. The Labute approximate surface area is 324 Å². The second kappa shape index (κ2) is 42.6. The summed E-state index contributed by atoms with van der Waals surface area (Å²) in [6.07, 6.45) is 44.8. The van der Waals surface area contributed by atoms with Crippen molar-refractivity contribution in [2.45, 2.75) is 270 Å². The normalized spacial score (nSPS) is 12.6. The molecule has 6 nitrogen and oxygen atoms in total. The minimum absolute atomic E-state index is 0.0122. The van der Waals surface area contributed by atoms with Crippen molar-refractivity contribution < 1.29 is 24.5 Å². The van der Waals surface area contributed by atoms with Crippen LogP contribution in [0.2, 0.25) is 0 Å². The van der Waals surface area contributed by atoms with Gasteiger partial charge in [0.2, 0.25) is 5.91 Å². The molecule has 0 heterocycles. The third-order valence-electron chi connectivity index (χ3n) is 10.9. The molecule has 0 aromatic carbocycles. The van der Waals surface area contributed by atoms with E-state index in [1.807, 2.05) is 0 Å². The van der Waals surface area contributed by atoms with Gasteiger partial charge in [-0.3, -0.25) is 9.59 Å². The van der Waals surface area contributed by atoms with Crippen LogP contribution in [0.5, 0.6) is 0 Å². The number of aliphatic hydroxyl groups is 2. The zero-order chi connectivity index (χ0) is 38.0. The summed E-state index contributed by atoms with van der Waals surface area (Å²) >= 11 is 0. The van der Waals surface area contributed by atoms with Crippen LogP contribution in [0.4, 0.5) is 0 Å². The molecule has 3 N–H and O–H groups in total. The minimum atomic E-state index is -0.672. The zero-order valence-electron chi connectivity index (χ0n) is 35.1. The summed E-state index contributed by atoms with van der Waals surface area (Å²) in [4.78, 5) is 24.4. The number of esters is 1. The number of ether oxygens (including phenoxy) is 1. The van der Waals surface area contributed by atoms with Crippen molar-refractivity contribution in [3.05, 3.63) is 0 Å². The molecule has 0 saturated heterocycles. The molecule has 0 aromatic heterocycles. The molecule has 0 fully saturated rings. The first-order valence-corrected chi connectivity index (χ1v) is 23.3. The molecule has 6 heteroatoms. The molecule has 310 valence electrons. The van der Waals surface area contributed by atoms with E-state index >= 15 is 0 Å². The number of hydrogen-bond donors (Lipinski definition) is 3. The molecule has 0 radical (unpaired) electrons. The molecule has 0 saturated carbocycles. The lowest BCUT2D eigenvalue weighted by Crippen LogP contribution is -2.45. The van der Waals surface area contributed by atoms with E-state index in [1.165, 1.54) is 167 Å². The fraction of sp³-hybridized carbons (Fsp3) is 0.957. The average Bonchev–Trinajstić information content (AvgIpc) is 3.14. The first-order valence-electron chi connectivity index (χ1n) is 23.3. The van der Waals surface area contributed by atoms with Gasteiger partial charge in [0.05, 0.1) is 25.4 Å². The highest BCUT2D eigenvalue weighted by Crippen LogP contribution is 2.16. The quantitative estimate of drug-likeness (QED) is 0.0428. The number of nitrogens with one attached hydrogen (secondary N) is 1. The first-order chi connectivity index (χ1) is 25.5. The number of carbonyl (C=O) groups excluding carboxylic acids is 2. The van der Waals surface area contributed by atoms with Crippen LogP contribution in [0.1, 0.15) is 258 Å². The highest BCUT2D eigenvalue weighted by Gasteiger charge is 2.20. The lowest BCUT2D eigenvalue weighted by atomic mass is 10.0. The Balaban J connectivity index is 3.45. The van der Waals surface area contributed by atoms with Crippen LogP contribution in [0, 0.1) is 0 Å². The van der Waals surface area contributed by atoms with Crippen molar-refractivity contribution in [2.24, 2.45) is 0 Å². The van der Waals surface area contributed by atoms with Crippen molar-refractivity contribution in [3.8, 4) is 0 Å². The Morgan fingerprint density at radius 2 is 0.788 bits per heavy atom. The van der Waals surface area contributed by atoms with Gasteiger partial charge in [0.1, 0.15) is 0 Å². The Hall–Kier alpha value is -1.14. The fourth-order valence-corrected chi connectivity index (χ4v) is 7.29. The molecular weight excluding hydrogens is 647 g/mol. The standard InChI is InChI=1S/C46H91NO5/c1-3-5-7-9-11-13-15-16-20-24-28-32-36-40-46(51)52-41-37-33-29-25-21-17-19-23-27-31-35-39-45(50)47-43(42-48)44(49)38-34-30-26-22-18-14-12-10-8-6-4-2/h43-44,48-49H,3-42H2,1-2H3,(H,47,50). The highest BCUT2D eigenvalue weighted by atomic mass is 16.5. The Bertz CT molecular complexity index is 732. The van der Waals surface area contributed by atoms with Crippen molar-refractivity contribution in [1.29, 1.82) is 0 Å². The van der Waals surface area contributed by atoms with E-state index in [1.54, 1.807) is 0 Å². The number of hydrogen-bond acceptors (Lipinski definition) is 5. The van der Waals surface area contributed by atoms with E-state index in [-0.39, 0.29) is 18.5 Å². The molecule has 2 atom stereocenters. The molecule has 1 amide bonds. The summed E-state index contributed by atoms with van der Waals surface area (Å²) in [6.45, 7) is 4.90. The molecule has 0 rings (SSSR count). The summed E-state index contributed by atoms with van der Waals surface area (Å²) < 4.78 is 5.44. The second-order valence-corrected chi connectivity index (χ2v) is 16.1. The minimum Gasteiger partial charge on any atom is -0.466 e. The van der Waals surface area contributed by atoms with Gasteiger partial charge in [-0.25, -0.2) is 0 Å². The van der Waals surface area contributed by atoms with Crippen LogP contribution in [0.25, 0.3) is 0 Å². The van der Waals surface area contributed by atoms with Gasteiger partial charge in [0.15, 0.2) is 0 Å². The van der Waals surface area contributed by atoms with E-state index in [4.69, 9.17) is 4.74 Å². The summed E-state index contributed by atoms with van der Waals surface area (Å²) in [6, 6.07) is -0.551. The second-order valence-electron chi connectivity index (χ2n) is 16.1. The lowest BCUT2D eigenvalue weighted by Gasteiger charge is -2.22. The van der Waals surface area contributed by atoms with Gasteiger partial charge in [-0.1, -0.05) is 219 Å². The zero-order valence-corrected chi connectivity index (χ0v) is 35.1. The summed E-state index contributed by atoms with van der Waals surface area (Å²) in [5.41, 5.74) is 0. The van der Waals surface area contributed by atoms with Gasteiger partial charge >= 0.3 is 5.97 Å². The van der Waals surface area contributed by atoms with E-state index < -0.39 is 12.1 Å². The van der Waals surface area contributed by atoms with E-state index in [0.717, 1.165) is 57.8 Å². The molecule has 52 heavy (non-hydrogen) atoms. The molecular formula is C46H91NO5. The van der Waals surface area contributed by atoms with Crippen LogP contribution in [-0.4, -0.2) is 47.4 Å². The number of carbonyl (C=O) groups is 2. The van der Waals surface area contributed by atoms with Crippen molar-refractivity contribution in [3.63, 3.8) is 0 Å². The van der Waals surface area contributed by atoms with Gasteiger partial charge in [-0.05, 0) is 25.7 Å². The summed E-state index contributed by atoms with van der Waals surface area (Å²) in [7, 11) is 0. The van der Waals surface area contributed by atoms with Gasteiger partial charge in [0.25, 0.3) is 0 Å². The Kier molecular flexibility index (Phi) is 41.7. The molecule has 0 bridgehead atoms. The maximum atomic E-state index is 12.4. The number of aliphatic hydroxyl groups excluding tert-OH is 2. The average molecular weight is 738 g/mol. The monoisotopic (exact) mass is 738 g/mol. The summed E-state index contributed by atoms with van der Waals surface area (Å²) in [5.74, 6) is -0.0662. The first kappa shape index (κ1) is 50.9.